The van der Waals surface area contributed by atoms with E-state index in [9.17, 15) is 4.79 Å². The average Bonchev–Trinajstić information content (AvgIpc) is 2.54. The molecule has 0 fully saturated rings. The summed E-state index contributed by atoms with van der Waals surface area (Å²) < 4.78 is 5.05. The summed E-state index contributed by atoms with van der Waals surface area (Å²) in [4.78, 5) is 14.7. The fraction of sp³-hybridized carbons (Fsp3) is 0.0625. The average molecular weight is 279 g/mol. The van der Waals surface area contributed by atoms with Crippen molar-refractivity contribution in [1.29, 1.82) is 0 Å². The van der Waals surface area contributed by atoms with Crippen molar-refractivity contribution < 1.29 is 9.53 Å². The van der Waals surface area contributed by atoms with Crippen LogP contribution >= 0.6 is 0 Å². The van der Waals surface area contributed by atoms with Gasteiger partial charge in [0.2, 0.25) is 0 Å². The van der Waals surface area contributed by atoms with Gasteiger partial charge in [0, 0.05) is 16.2 Å². The highest BCUT2D eigenvalue weighted by Crippen LogP contribution is 2.15. The van der Waals surface area contributed by atoms with Gasteiger partial charge in [0.15, 0.2) is 5.78 Å². The Hall–Kier alpha value is -3.04. The lowest BCUT2D eigenvalue weighted by Gasteiger charge is -2.00. The van der Waals surface area contributed by atoms with E-state index in [0.717, 1.165) is 5.56 Å². The maximum Gasteiger partial charge on any atom is 0.185 e. The number of benzene rings is 2. The molecule has 104 valence electrons. The van der Waals surface area contributed by atoms with Crippen LogP contribution in [0.25, 0.3) is 16.5 Å². The number of rotatable bonds is 5. The zero-order chi connectivity index (χ0) is 15.1. The van der Waals surface area contributed by atoms with E-state index < -0.39 is 0 Å². The molecule has 0 heterocycles. The molecule has 5 heteroatoms. The van der Waals surface area contributed by atoms with Gasteiger partial charge in [-0.3, -0.25) is 4.79 Å². The van der Waals surface area contributed by atoms with Gasteiger partial charge in [-0.15, -0.1) is 0 Å². The topological polar surface area (TPSA) is 75.1 Å². The van der Waals surface area contributed by atoms with E-state index >= 15 is 0 Å². The lowest BCUT2D eigenvalue weighted by molar-refractivity contribution is 0.104. The maximum absolute atomic E-state index is 12.0. The first kappa shape index (κ1) is 14.4. The first-order valence-electron chi connectivity index (χ1n) is 6.24. The molecular weight excluding hydrogens is 266 g/mol. The second kappa shape index (κ2) is 6.93. The van der Waals surface area contributed by atoms with Crippen LogP contribution in [0.4, 0.5) is 5.69 Å². The lowest BCUT2D eigenvalue weighted by Crippen LogP contribution is -1.94. The quantitative estimate of drug-likeness (QED) is 0.265. The van der Waals surface area contributed by atoms with Crippen LogP contribution in [0.1, 0.15) is 15.9 Å². The van der Waals surface area contributed by atoms with Gasteiger partial charge in [-0.05, 0) is 41.4 Å². The summed E-state index contributed by atoms with van der Waals surface area (Å²) in [5.74, 6) is 0.626. The minimum absolute atomic E-state index is 0.0863. The highest BCUT2D eigenvalue weighted by molar-refractivity contribution is 6.06. The third-order valence-electron chi connectivity index (χ3n) is 2.85. The van der Waals surface area contributed by atoms with Gasteiger partial charge in [0.05, 0.1) is 7.11 Å². The monoisotopic (exact) mass is 279 g/mol. The molecule has 0 atom stereocenters. The zero-order valence-corrected chi connectivity index (χ0v) is 11.4. The molecule has 0 radical (unpaired) electrons. The number of ether oxygens (including phenoxy) is 1. The van der Waals surface area contributed by atoms with Crippen molar-refractivity contribution in [2.75, 3.05) is 7.11 Å². The number of ketones is 1. The Balaban J connectivity index is 2.08. The smallest absolute Gasteiger partial charge is 0.185 e. The molecule has 0 aliphatic carbocycles. The molecule has 0 N–H and O–H groups in total. The van der Waals surface area contributed by atoms with Gasteiger partial charge in [0.1, 0.15) is 5.75 Å². The molecule has 2 rings (SSSR count). The van der Waals surface area contributed by atoms with Gasteiger partial charge in [-0.1, -0.05) is 35.5 Å². The second-order valence-electron chi connectivity index (χ2n) is 4.21. The lowest BCUT2D eigenvalue weighted by atomic mass is 10.1. The van der Waals surface area contributed by atoms with Crippen molar-refractivity contribution in [3.05, 3.63) is 76.2 Å². The second-order valence-corrected chi connectivity index (χ2v) is 4.21. The standard InChI is InChI=1S/C16H13N3O2/c1-21-15-9-5-13(6-10-15)16(20)11-4-12-2-7-14(8-3-12)18-19-17/h2-11H,1H3. The molecule has 0 saturated heterocycles. The summed E-state index contributed by atoms with van der Waals surface area (Å²) in [6.45, 7) is 0. The number of methoxy groups -OCH3 is 1. The molecule has 0 saturated carbocycles. The van der Waals surface area contributed by atoms with Gasteiger partial charge >= 0.3 is 0 Å². The Morgan fingerprint density at radius 1 is 1.14 bits per heavy atom. The van der Waals surface area contributed by atoms with Crippen LogP contribution in [0.2, 0.25) is 0 Å². The Morgan fingerprint density at radius 3 is 2.38 bits per heavy atom. The van der Waals surface area contributed by atoms with E-state index in [2.05, 4.69) is 10.0 Å². The SMILES string of the molecule is COc1ccc(C(=O)C=Cc2ccc(N=[N+]=[N-])cc2)cc1. The molecule has 5 nitrogen and oxygen atoms in total. The molecule has 0 spiro atoms. The van der Waals surface area contributed by atoms with Crippen molar-refractivity contribution in [3.8, 4) is 5.75 Å². The van der Waals surface area contributed by atoms with Gasteiger partial charge < -0.3 is 4.74 Å². The summed E-state index contributed by atoms with van der Waals surface area (Å²) in [6.07, 6.45) is 3.22. The predicted molar refractivity (Wildman–Crippen MR) is 81.6 cm³/mol. The number of azide groups is 1. The first-order chi connectivity index (χ1) is 10.2. The molecule has 0 aromatic heterocycles. The molecule has 0 aliphatic heterocycles. The summed E-state index contributed by atoms with van der Waals surface area (Å²) >= 11 is 0. The van der Waals surface area contributed by atoms with Crippen LogP contribution < -0.4 is 4.74 Å². The minimum atomic E-state index is -0.0863. The maximum atomic E-state index is 12.0. The number of allylic oxidation sites excluding steroid dienone is 1. The highest BCUT2D eigenvalue weighted by atomic mass is 16.5. The van der Waals surface area contributed by atoms with E-state index in [4.69, 9.17) is 10.3 Å². The molecule has 2 aromatic rings. The van der Waals surface area contributed by atoms with E-state index in [1.807, 2.05) is 0 Å². The first-order valence-corrected chi connectivity index (χ1v) is 6.24. The normalized spacial score (nSPS) is 10.1. The van der Waals surface area contributed by atoms with Gasteiger partial charge in [-0.25, -0.2) is 0 Å². The molecule has 21 heavy (non-hydrogen) atoms. The zero-order valence-electron chi connectivity index (χ0n) is 11.4. The highest BCUT2D eigenvalue weighted by Gasteiger charge is 2.01. The third-order valence-corrected chi connectivity index (χ3v) is 2.85. The number of hydrogen-bond donors (Lipinski definition) is 0. The number of hydrogen-bond acceptors (Lipinski definition) is 3. The number of carbonyl (C=O) groups excluding carboxylic acids is 1. The molecule has 0 unspecified atom stereocenters. The molecular formula is C16H13N3O2. The Labute approximate surface area is 122 Å². The predicted octanol–water partition coefficient (Wildman–Crippen LogP) is 4.53. The summed E-state index contributed by atoms with van der Waals surface area (Å²) in [5, 5.41) is 3.48. The van der Waals surface area contributed by atoms with Gasteiger partial charge in [-0.2, -0.15) is 0 Å². The fourth-order valence-corrected chi connectivity index (χ4v) is 1.73. The number of nitrogens with zero attached hydrogens (tertiary/aromatic N) is 3. The van der Waals surface area contributed by atoms with Crippen molar-refractivity contribution in [2.24, 2.45) is 5.11 Å². The van der Waals surface area contributed by atoms with Crippen LogP contribution in [-0.2, 0) is 0 Å². The Bertz CT molecular complexity index is 697. The third kappa shape index (κ3) is 3.96. The molecule has 0 aliphatic rings. The van der Waals surface area contributed by atoms with Crippen LogP contribution in [0.5, 0.6) is 5.75 Å². The van der Waals surface area contributed by atoms with E-state index in [0.29, 0.717) is 17.0 Å². The summed E-state index contributed by atoms with van der Waals surface area (Å²) in [6, 6.07) is 13.9. The van der Waals surface area contributed by atoms with Crippen molar-refractivity contribution in [2.45, 2.75) is 0 Å². The van der Waals surface area contributed by atoms with E-state index in [-0.39, 0.29) is 5.78 Å². The Morgan fingerprint density at radius 2 is 1.81 bits per heavy atom. The summed E-state index contributed by atoms with van der Waals surface area (Å²) in [7, 11) is 1.58. The van der Waals surface area contributed by atoms with Crippen LogP contribution in [0, 0.1) is 0 Å². The van der Waals surface area contributed by atoms with Crippen LogP contribution in [0.15, 0.2) is 59.7 Å². The fourth-order valence-electron chi connectivity index (χ4n) is 1.73. The van der Waals surface area contributed by atoms with Crippen molar-refractivity contribution in [3.63, 3.8) is 0 Å². The van der Waals surface area contributed by atoms with E-state index in [1.165, 1.54) is 6.08 Å². The van der Waals surface area contributed by atoms with Crippen LogP contribution in [-0.4, -0.2) is 12.9 Å². The molecule has 0 bridgehead atoms. The van der Waals surface area contributed by atoms with Crippen LogP contribution in [0.3, 0.4) is 0 Å². The van der Waals surface area contributed by atoms with Gasteiger partial charge in [0.25, 0.3) is 0 Å². The van der Waals surface area contributed by atoms with E-state index in [1.54, 1.807) is 61.7 Å². The molecule has 2 aromatic carbocycles. The largest absolute Gasteiger partial charge is 0.497 e. The van der Waals surface area contributed by atoms with Crippen molar-refractivity contribution >= 4 is 17.5 Å². The Kier molecular flexibility index (Phi) is 4.75. The summed E-state index contributed by atoms with van der Waals surface area (Å²) in [5.41, 5.74) is 10.3. The minimum Gasteiger partial charge on any atom is -0.497 e. The number of carbonyl (C=O) groups is 1. The van der Waals surface area contributed by atoms with Crippen molar-refractivity contribution in [1.82, 2.24) is 0 Å². The molecule has 0 amide bonds.